The number of rotatable bonds is 6. The summed E-state index contributed by atoms with van der Waals surface area (Å²) >= 11 is 5.99. The number of methoxy groups -OCH3 is 2. The highest BCUT2D eigenvalue weighted by atomic mass is 35.5. The van der Waals surface area contributed by atoms with E-state index in [2.05, 4.69) is 5.32 Å². The van der Waals surface area contributed by atoms with Gasteiger partial charge in [-0.25, -0.2) is 0 Å². The van der Waals surface area contributed by atoms with E-state index in [-0.39, 0.29) is 5.91 Å². The van der Waals surface area contributed by atoms with Gasteiger partial charge >= 0.3 is 0 Å². The van der Waals surface area contributed by atoms with Crippen LogP contribution in [-0.4, -0.2) is 26.2 Å². The number of amides is 1. The van der Waals surface area contributed by atoms with Crippen molar-refractivity contribution in [3.63, 3.8) is 0 Å². The van der Waals surface area contributed by atoms with E-state index in [0.717, 1.165) is 5.56 Å². The third-order valence-corrected chi connectivity index (χ3v) is 3.90. The second kappa shape index (κ2) is 7.93. The molecule has 2 rings (SSSR count). The predicted octanol–water partition coefficient (Wildman–Crippen LogP) is 4.07. The van der Waals surface area contributed by atoms with Gasteiger partial charge in [0.1, 0.15) is 17.2 Å². The number of carbonyl (C=O) groups excluding carboxylic acids is 1. The van der Waals surface area contributed by atoms with Gasteiger partial charge in [-0.15, -0.1) is 0 Å². The summed E-state index contributed by atoms with van der Waals surface area (Å²) in [7, 11) is 3.10. The van der Waals surface area contributed by atoms with Crippen LogP contribution < -0.4 is 19.5 Å². The van der Waals surface area contributed by atoms with Crippen molar-refractivity contribution in [2.75, 3.05) is 19.5 Å². The Morgan fingerprint density at radius 2 is 1.79 bits per heavy atom. The maximum absolute atomic E-state index is 12.3. The van der Waals surface area contributed by atoms with Gasteiger partial charge in [-0.2, -0.15) is 0 Å². The molecule has 1 unspecified atom stereocenters. The number of ether oxygens (including phenoxy) is 3. The van der Waals surface area contributed by atoms with Crippen LogP contribution in [0.1, 0.15) is 12.5 Å². The van der Waals surface area contributed by atoms with Crippen LogP contribution in [-0.2, 0) is 4.79 Å². The first kappa shape index (κ1) is 17.9. The van der Waals surface area contributed by atoms with Gasteiger partial charge in [0.2, 0.25) is 0 Å². The van der Waals surface area contributed by atoms with Gasteiger partial charge < -0.3 is 19.5 Å². The summed E-state index contributed by atoms with van der Waals surface area (Å²) in [6.07, 6.45) is -0.683. The highest BCUT2D eigenvalue weighted by molar-refractivity contribution is 6.31. The smallest absolute Gasteiger partial charge is 0.265 e. The molecule has 2 aromatic carbocycles. The van der Waals surface area contributed by atoms with Crippen molar-refractivity contribution in [2.24, 2.45) is 0 Å². The highest BCUT2D eigenvalue weighted by Gasteiger charge is 2.17. The molecule has 0 aliphatic carbocycles. The Morgan fingerprint density at radius 3 is 2.42 bits per heavy atom. The molecule has 0 aliphatic rings. The van der Waals surface area contributed by atoms with Crippen molar-refractivity contribution >= 4 is 23.2 Å². The fourth-order valence-electron chi connectivity index (χ4n) is 2.08. The van der Waals surface area contributed by atoms with Crippen molar-refractivity contribution in [3.8, 4) is 17.2 Å². The molecular weight excluding hydrogens is 330 g/mol. The van der Waals surface area contributed by atoms with Gasteiger partial charge in [-0.3, -0.25) is 4.79 Å². The lowest BCUT2D eigenvalue weighted by atomic mass is 10.2. The molecular formula is C18H20ClNO4. The number of hydrogen-bond acceptors (Lipinski definition) is 4. The fraction of sp³-hybridized carbons (Fsp3) is 0.278. The Kier molecular flexibility index (Phi) is 5.93. The number of hydrogen-bond donors (Lipinski definition) is 1. The first-order valence-corrected chi connectivity index (χ1v) is 7.78. The average molecular weight is 350 g/mol. The van der Waals surface area contributed by atoms with Gasteiger partial charge in [0.05, 0.1) is 19.9 Å². The highest BCUT2D eigenvalue weighted by Crippen LogP contribution is 2.29. The van der Waals surface area contributed by atoms with Crippen LogP contribution in [0.5, 0.6) is 17.2 Å². The van der Waals surface area contributed by atoms with E-state index in [1.54, 1.807) is 50.4 Å². The van der Waals surface area contributed by atoms with Crippen LogP contribution >= 0.6 is 11.6 Å². The van der Waals surface area contributed by atoms with E-state index >= 15 is 0 Å². The molecule has 5 nitrogen and oxygen atoms in total. The van der Waals surface area contributed by atoms with E-state index < -0.39 is 6.10 Å². The van der Waals surface area contributed by atoms with Gasteiger partial charge in [-0.1, -0.05) is 11.6 Å². The molecule has 0 aliphatic heterocycles. The maximum atomic E-state index is 12.3. The van der Waals surface area contributed by atoms with Crippen LogP contribution in [0.25, 0.3) is 0 Å². The van der Waals surface area contributed by atoms with E-state index in [4.69, 9.17) is 25.8 Å². The second-order valence-electron chi connectivity index (χ2n) is 5.23. The van der Waals surface area contributed by atoms with Gasteiger partial charge in [0.25, 0.3) is 5.91 Å². The monoisotopic (exact) mass is 349 g/mol. The summed E-state index contributed by atoms with van der Waals surface area (Å²) in [5, 5.41) is 3.44. The van der Waals surface area contributed by atoms with Crippen LogP contribution in [0.4, 0.5) is 5.69 Å². The van der Waals surface area contributed by atoms with Crippen molar-refractivity contribution in [1.82, 2.24) is 0 Å². The number of nitrogens with one attached hydrogen (secondary N) is 1. The zero-order valence-corrected chi connectivity index (χ0v) is 14.8. The number of benzene rings is 2. The minimum Gasteiger partial charge on any atom is -0.497 e. The zero-order valence-electron chi connectivity index (χ0n) is 14.1. The van der Waals surface area contributed by atoms with Gasteiger partial charge in [0.15, 0.2) is 6.10 Å². The molecule has 0 heterocycles. The molecule has 0 fully saturated rings. The molecule has 0 aromatic heterocycles. The molecule has 0 saturated carbocycles. The average Bonchev–Trinajstić information content (AvgIpc) is 2.58. The van der Waals surface area contributed by atoms with Gasteiger partial charge in [-0.05, 0) is 49.7 Å². The zero-order chi connectivity index (χ0) is 17.7. The molecule has 128 valence electrons. The van der Waals surface area contributed by atoms with Crippen LogP contribution in [0.2, 0.25) is 5.02 Å². The SMILES string of the molecule is COc1ccc(NC(=O)C(C)Oc2ccc(Cl)c(C)c2)c(OC)c1. The largest absolute Gasteiger partial charge is 0.497 e. The molecule has 1 amide bonds. The van der Waals surface area contributed by atoms with Gasteiger partial charge in [0, 0.05) is 11.1 Å². The second-order valence-corrected chi connectivity index (χ2v) is 5.63. The Hall–Kier alpha value is -2.40. The van der Waals surface area contributed by atoms with Crippen molar-refractivity contribution in [3.05, 3.63) is 47.0 Å². The predicted molar refractivity (Wildman–Crippen MR) is 94.5 cm³/mol. The minimum atomic E-state index is -0.683. The molecule has 0 saturated heterocycles. The number of aryl methyl sites for hydroxylation is 1. The summed E-state index contributed by atoms with van der Waals surface area (Å²) in [4.78, 5) is 12.3. The summed E-state index contributed by atoms with van der Waals surface area (Å²) in [5.41, 5.74) is 1.43. The molecule has 1 atom stereocenters. The van der Waals surface area contributed by atoms with Crippen LogP contribution in [0, 0.1) is 6.92 Å². The van der Waals surface area contributed by atoms with E-state index in [1.807, 2.05) is 6.92 Å². The molecule has 0 bridgehead atoms. The molecule has 6 heteroatoms. The Balaban J connectivity index is 2.07. The molecule has 0 spiro atoms. The summed E-state index contributed by atoms with van der Waals surface area (Å²) in [6.45, 7) is 3.55. The summed E-state index contributed by atoms with van der Waals surface area (Å²) in [5.74, 6) is 1.45. The first-order valence-electron chi connectivity index (χ1n) is 7.40. The Morgan fingerprint density at radius 1 is 1.08 bits per heavy atom. The standard InChI is InChI=1S/C18H20ClNO4/c1-11-9-14(5-7-15(11)19)24-12(2)18(21)20-16-8-6-13(22-3)10-17(16)23-4/h5-10,12H,1-4H3,(H,20,21). The third kappa shape index (κ3) is 4.32. The number of halogens is 1. The molecule has 24 heavy (non-hydrogen) atoms. The number of anilines is 1. The minimum absolute atomic E-state index is 0.286. The fourth-order valence-corrected chi connectivity index (χ4v) is 2.20. The Bertz CT molecular complexity index is 733. The lowest BCUT2D eigenvalue weighted by molar-refractivity contribution is -0.122. The lowest BCUT2D eigenvalue weighted by Crippen LogP contribution is -2.30. The summed E-state index contributed by atoms with van der Waals surface area (Å²) in [6, 6.07) is 10.4. The quantitative estimate of drug-likeness (QED) is 0.854. The molecule has 0 radical (unpaired) electrons. The normalized spacial score (nSPS) is 11.5. The van der Waals surface area contributed by atoms with Crippen molar-refractivity contribution in [2.45, 2.75) is 20.0 Å². The first-order chi connectivity index (χ1) is 11.4. The third-order valence-electron chi connectivity index (χ3n) is 3.48. The van der Waals surface area contributed by atoms with Crippen LogP contribution in [0.15, 0.2) is 36.4 Å². The van der Waals surface area contributed by atoms with E-state index in [0.29, 0.717) is 28.0 Å². The Labute approximate surface area is 146 Å². The summed E-state index contributed by atoms with van der Waals surface area (Å²) < 4.78 is 16.1. The van der Waals surface area contributed by atoms with Crippen molar-refractivity contribution in [1.29, 1.82) is 0 Å². The van der Waals surface area contributed by atoms with Crippen LogP contribution in [0.3, 0.4) is 0 Å². The van der Waals surface area contributed by atoms with E-state index in [9.17, 15) is 4.79 Å². The van der Waals surface area contributed by atoms with Crippen molar-refractivity contribution < 1.29 is 19.0 Å². The maximum Gasteiger partial charge on any atom is 0.265 e. The molecule has 1 N–H and O–H groups in total. The van der Waals surface area contributed by atoms with E-state index in [1.165, 1.54) is 7.11 Å². The topological polar surface area (TPSA) is 56.8 Å². The number of carbonyl (C=O) groups is 1. The lowest BCUT2D eigenvalue weighted by Gasteiger charge is -2.17. The molecule has 2 aromatic rings.